The van der Waals surface area contributed by atoms with E-state index in [9.17, 15) is 19.7 Å². The highest BCUT2D eigenvalue weighted by molar-refractivity contribution is 5.99. The van der Waals surface area contributed by atoms with Crippen LogP contribution in [0.5, 0.6) is 0 Å². The molecule has 0 unspecified atom stereocenters. The van der Waals surface area contributed by atoms with Gasteiger partial charge in [0.05, 0.1) is 35.0 Å². The molecule has 0 radical (unpaired) electrons. The molecule has 1 aromatic carbocycles. The third-order valence-electron chi connectivity index (χ3n) is 3.25. The Morgan fingerprint density at radius 1 is 1.08 bits per heavy atom. The number of non-ortho nitro benzene ring substituents is 1. The van der Waals surface area contributed by atoms with Gasteiger partial charge < -0.3 is 9.47 Å². The van der Waals surface area contributed by atoms with Crippen molar-refractivity contribution in [3.8, 4) is 11.3 Å². The summed E-state index contributed by atoms with van der Waals surface area (Å²) < 4.78 is 9.91. The van der Waals surface area contributed by atoms with Crippen molar-refractivity contribution in [1.29, 1.82) is 0 Å². The van der Waals surface area contributed by atoms with E-state index in [4.69, 9.17) is 9.47 Å². The van der Waals surface area contributed by atoms with Gasteiger partial charge in [0.25, 0.3) is 5.69 Å². The minimum atomic E-state index is -0.644. The first kappa shape index (κ1) is 18.1. The molecule has 130 valence electrons. The van der Waals surface area contributed by atoms with Crippen molar-refractivity contribution >= 4 is 17.6 Å². The predicted molar refractivity (Wildman–Crippen MR) is 88.2 cm³/mol. The standard InChI is InChI=1S/C17H16N2O6/c1-3-24-16(20)12-9-14(17(21)25-4-2)15(18-10-12)11-5-7-13(8-6-11)19(22)23/h5-10H,3-4H2,1-2H3. The van der Waals surface area contributed by atoms with Crippen LogP contribution >= 0.6 is 0 Å². The highest BCUT2D eigenvalue weighted by Crippen LogP contribution is 2.25. The lowest BCUT2D eigenvalue weighted by Crippen LogP contribution is -2.12. The Morgan fingerprint density at radius 2 is 1.68 bits per heavy atom. The number of nitro groups is 1. The van der Waals surface area contributed by atoms with E-state index < -0.39 is 16.9 Å². The molecule has 0 fully saturated rings. The number of nitro benzene ring substituents is 1. The summed E-state index contributed by atoms with van der Waals surface area (Å²) in [5.41, 5.74) is 0.881. The minimum absolute atomic E-state index is 0.0791. The van der Waals surface area contributed by atoms with Crippen LogP contribution in [-0.2, 0) is 9.47 Å². The normalized spacial score (nSPS) is 10.2. The highest BCUT2D eigenvalue weighted by atomic mass is 16.6. The molecule has 0 saturated carbocycles. The van der Waals surface area contributed by atoms with Gasteiger partial charge in [-0.05, 0) is 32.0 Å². The van der Waals surface area contributed by atoms with E-state index >= 15 is 0 Å². The fourth-order valence-corrected chi connectivity index (χ4v) is 2.13. The molecule has 0 amide bonds. The molecule has 2 aromatic rings. The minimum Gasteiger partial charge on any atom is -0.462 e. The molecule has 25 heavy (non-hydrogen) atoms. The maximum Gasteiger partial charge on any atom is 0.340 e. The Labute approximate surface area is 143 Å². The van der Waals surface area contributed by atoms with E-state index in [-0.39, 0.29) is 35.7 Å². The van der Waals surface area contributed by atoms with Gasteiger partial charge in [-0.15, -0.1) is 0 Å². The van der Waals surface area contributed by atoms with Gasteiger partial charge in [-0.25, -0.2) is 9.59 Å². The number of hydrogen-bond donors (Lipinski definition) is 0. The lowest BCUT2D eigenvalue weighted by atomic mass is 10.0. The second-order valence-corrected chi connectivity index (χ2v) is 4.87. The van der Waals surface area contributed by atoms with Crippen LogP contribution in [-0.4, -0.2) is 35.1 Å². The third-order valence-corrected chi connectivity index (χ3v) is 3.25. The zero-order chi connectivity index (χ0) is 18.4. The molecule has 8 nitrogen and oxygen atoms in total. The van der Waals surface area contributed by atoms with Gasteiger partial charge in [0.1, 0.15) is 0 Å². The van der Waals surface area contributed by atoms with Crippen molar-refractivity contribution in [2.75, 3.05) is 13.2 Å². The van der Waals surface area contributed by atoms with Crippen LogP contribution in [0.2, 0.25) is 0 Å². The Hall–Kier alpha value is -3.29. The van der Waals surface area contributed by atoms with Gasteiger partial charge in [-0.1, -0.05) is 0 Å². The molecule has 2 rings (SSSR count). The largest absolute Gasteiger partial charge is 0.462 e. The van der Waals surface area contributed by atoms with Gasteiger partial charge in [0.2, 0.25) is 0 Å². The number of ether oxygens (including phenoxy) is 2. The van der Waals surface area contributed by atoms with Crippen LogP contribution in [0.4, 0.5) is 5.69 Å². The lowest BCUT2D eigenvalue weighted by molar-refractivity contribution is -0.384. The summed E-state index contributed by atoms with van der Waals surface area (Å²) >= 11 is 0. The summed E-state index contributed by atoms with van der Waals surface area (Å²) in [5.74, 6) is -1.25. The number of hydrogen-bond acceptors (Lipinski definition) is 7. The van der Waals surface area contributed by atoms with Gasteiger partial charge in [0.15, 0.2) is 0 Å². The smallest absolute Gasteiger partial charge is 0.340 e. The maximum atomic E-state index is 12.2. The van der Waals surface area contributed by atoms with Crippen LogP contribution < -0.4 is 0 Å². The number of rotatable bonds is 6. The van der Waals surface area contributed by atoms with E-state index in [2.05, 4.69) is 4.98 Å². The van der Waals surface area contributed by atoms with Crippen LogP contribution in [0.25, 0.3) is 11.3 Å². The van der Waals surface area contributed by atoms with Crippen molar-refractivity contribution in [3.05, 3.63) is 57.8 Å². The van der Waals surface area contributed by atoms with Crippen LogP contribution in [0.3, 0.4) is 0 Å². The van der Waals surface area contributed by atoms with Gasteiger partial charge in [0, 0.05) is 23.9 Å². The van der Waals surface area contributed by atoms with Crippen molar-refractivity contribution in [1.82, 2.24) is 4.98 Å². The maximum absolute atomic E-state index is 12.2. The van der Waals surface area contributed by atoms with Gasteiger partial charge >= 0.3 is 11.9 Å². The second kappa shape index (κ2) is 8.00. The molecule has 1 aromatic heterocycles. The number of benzene rings is 1. The quantitative estimate of drug-likeness (QED) is 0.450. The predicted octanol–water partition coefficient (Wildman–Crippen LogP) is 3.01. The molecular weight excluding hydrogens is 328 g/mol. The zero-order valence-corrected chi connectivity index (χ0v) is 13.7. The fourth-order valence-electron chi connectivity index (χ4n) is 2.13. The lowest BCUT2D eigenvalue weighted by Gasteiger charge is -2.10. The average molecular weight is 344 g/mol. The van der Waals surface area contributed by atoms with Crippen LogP contribution in [0.15, 0.2) is 36.5 Å². The third kappa shape index (κ3) is 4.17. The van der Waals surface area contributed by atoms with E-state index in [1.165, 1.54) is 36.5 Å². The van der Waals surface area contributed by atoms with E-state index in [1.807, 2.05) is 0 Å². The SMILES string of the molecule is CCOC(=O)c1cnc(-c2ccc([N+](=O)[O-])cc2)c(C(=O)OCC)c1. The summed E-state index contributed by atoms with van der Waals surface area (Å²) in [6, 6.07) is 6.93. The average Bonchev–Trinajstić information content (AvgIpc) is 2.61. The van der Waals surface area contributed by atoms with Gasteiger partial charge in [-0.2, -0.15) is 0 Å². The van der Waals surface area contributed by atoms with Crippen molar-refractivity contribution in [2.24, 2.45) is 0 Å². The number of esters is 2. The first-order chi connectivity index (χ1) is 12.0. The zero-order valence-electron chi connectivity index (χ0n) is 13.7. The van der Waals surface area contributed by atoms with Crippen molar-refractivity contribution < 1.29 is 24.0 Å². The molecule has 0 aliphatic rings. The summed E-state index contributed by atoms with van der Waals surface area (Å²) in [5, 5.41) is 10.8. The molecule has 8 heteroatoms. The number of carbonyl (C=O) groups is 2. The monoisotopic (exact) mass is 344 g/mol. The molecule has 0 bridgehead atoms. The number of nitrogens with zero attached hydrogens (tertiary/aromatic N) is 2. The Bertz CT molecular complexity index is 801. The molecule has 0 atom stereocenters. The Morgan fingerprint density at radius 3 is 2.24 bits per heavy atom. The van der Waals surface area contributed by atoms with Crippen LogP contribution in [0, 0.1) is 10.1 Å². The van der Waals surface area contributed by atoms with Crippen LogP contribution in [0.1, 0.15) is 34.6 Å². The molecule has 0 aliphatic carbocycles. The number of aromatic nitrogens is 1. The molecule has 0 spiro atoms. The summed E-state index contributed by atoms with van der Waals surface area (Å²) in [4.78, 5) is 38.5. The Kier molecular flexibility index (Phi) is 5.78. The number of pyridine rings is 1. The van der Waals surface area contributed by atoms with Crippen molar-refractivity contribution in [3.63, 3.8) is 0 Å². The first-order valence-electron chi connectivity index (χ1n) is 7.57. The molecule has 0 N–H and O–H groups in total. The van der Waals surface area contributed by atoms with E-state index in [0.29, 0.717) is 5.56 Å². The second-order valence-electron chi connectivity index (χ2n) is 4.87. The highest BCUT2D eigenvalue weighted by Gasteiger charge is 2.20. The molecule has 0 saturated heterocycles. The number of carbonyl (C=O) groups excluding carboxylic acids is 2. The molecular formula is C17H16N2O6. The van der Waals surface area contributed by atoms with Crippen molar-refractivity contribution in [2.45, 2.75) is 13.8 Å². The fraction of sp³-hybridized carbons (Fsp3) is 0.235. The summed E-state index contributed by atoms with van der Waals surface area (Å²) in [7, 11) is 0. The molecule has 1 heterocycles. The van der Waals surface area contributed by atoms with E-state index in [0.717, 1.165) is 0 Å². The Balaban J connectivity index is 2.50. The van der Waals surface area contributed by atoms with Gasteiger partial charge in [-0.3, -0.25) is 15.1 Å². The molecule has 0 aliphatic heterocycles. The van der Waals surface area contributed by atoms with E-state index in [1.54, 1.807) is 13.8 Å². The first-order valence-corrected chi connectivity index (χ1v) is 7.57. The summed E-state index contributed by atoms with van der Waals surface area (Å²) in [6.07, 6.45) is 1.29. The summed E-state index contributed by atoms with van der Waals surface area (Å²) in [6.45, 7) is 3.68. The topological polar surface area (TPSA) is 109 Å².